The lowest BCUT2D eigenvalue weighted by atomic mass is 9.91. The third-order valence-electron chi connectivity index (χ3n) is 5.64. The molecule has 0 radical (unpaired) electrons. The number of nitrogens with two attached hydrogens (primary N) is 1. The predicted molar refractivity (Wildman–Crippen MR) is 125 cm³/mol. The van der Waals surface area contributed by atoms with Crippen molar-refractivity contribution in [1.29, 1.82) is 0 Å². The molecule has 0 saturated heterocycles. The van der Waals surface area contributed by atoms with Crippen molar-refractivity contribution in [2.24, 2.45) is 5.73 Å². The Kier molecular flexibility index (Phi) is 5.55. The number of nitrogens with zero attached hydrogens (tertiary/aromatic N) is 3. The lowest BCUT2D eigenvalue weighted by molar-refractivity contribution is 0.100. The first-order chi connectivity index (χ1) is 16.5. The van der Waals surface area contributed by atoms with E-state index in [-0.39, 0.29) is 5.92 Å². The summed E-state index contributed by atoms with van der Waals surface area (Å²) in [6.07, 6.45) is 7.55. The van der Waals surface area contributed by atoms with E-state index in [0.717, 1.165) is 11.6 Å². The van der Waals surface area contributed by atoms with Crippen molar-refractivity contribution in [3.05, 3.63) is 100 Å². The molecule has 1 aliphatic carbocycles. The zero-order chi connectivity index (χ0) is 23.7. The molecule has 1 aliphatic rings. The minimum atomic E-state index is -0.628. The minimum Gasteiger partial charge on any atom is -0.366 e. The molecule has 0 bridgehead atoms. The Bertz CT molecular complexity index is 1520. The first kappa shape index (κ1) is 21.4. The number of carbonyl (C=O) groups is 1. The number of aromatic nitrogens is 3. The molecule has 4 aromatic rings. The van der Waals surface area contributed by atoms with Gasteiger partial charge >= 0.3 is 0 Å². The molecule has 1 amide bonds. The number of pyridine rings is 1. The van der Waals surface area contributed by atoms with Gasteiger partial charge in [-0.15, -0.1) is 0 Å². The highest BCUT2D eigenvalue weighted by molar-refractivity contribution is 5.99. The number of hydrogen-bond donors (Lipinski definition) is 2. The van der Waals surface area contributed by atoms with E-state index in [2.05, 4.69) is 15.3 Å². The van der Waals surface area contributed by atoms with Gasteiger partial charge in [0.15, 0.2) is 5.82 Å². The molecule has 2 aromatic carbocycles. The molecule has 0 saturated carbocycles. The maximum Gasteiger partial charge on any atom is 0.250 e. The van der Waals surface area contributed by atoms with E-state index < -0.39 is 17.5 Å². The highest BCUT2D eigenvalue weighted by Gasteiger charge is 2.19. The Morgan fingerprint density at radius 3 is 2.68 bits per heavy atom. The van der Waals surface area contributed by atoms with E-state index in [0.29, 0.717) is 45.4 Å². The molecule has 0 spiro atoms. The summed E-state index contributed by atoms with van der Waals surface area (Å²) in [5.74, 6) is -1.29. The smallest absolute Gasteiger partial charge is 0.250 e. The van der Waals surface area contributed by atoms with Gasteiger partial charge in [-0.25, -0.2) is 18.7 Å². The van der Waals surface area contributed by atoms with Crippen LogP contribution in [0.2, 0.25) is 0 Å². The van der Waals surface area contributed by atoms with E-state index in [1.807, 2.05) is 18.2 Å². The fraction of sp³-hybridized carbons (Fsp3) is 0.0769. The fourth-order valence-corrected chi connectivity index (χ4v) is 3.99. The van der Waals surface area contributed by atoms with Crippen LogP contribution in [0, 0.1) is 11.6 Å². The number of halogens is 2. The van der Waals surface area contributed by atoms with Gasteiger partial charge in [0.05, 0.1) is 16.6 Å². The van der Waals surface area contributed by atoms with E-state index in [1.54, 1.807) is 42.7 Å². The van der Waals surface area contributed by atoms with Gasteiger partial charge in [-0.1, -0.05) is 30.4 Å². The van der Waals surface area contributed by atoms with Gasteiger partial charge in [0.1, 0.15) is 17.5 Å². The van der Waals surface area contributed by atoms with Crippen molar-refractivity contribution in [2.45, 2.75) is 12.3 Å². The largest absolute Gasteiger partial charge is 0.366 e. The topological polar surface area (TPSA) is 93.8 Å². The van der Waals surface area contributed by atoms with E-state index in [4.69, 9.17) is 10.7 Å². The summed E-state index contributed by atoms with van der Waals surface area (Å²) in [7, 11) is 0. The second kappa shape index (κ2) is 8.82. The molecular formula is C26H19F2N5O. The maximum absolute atomic E-state index is 14.5. The normalized spacial score (nSPS) is 14.5. The number of para-hydroxylation sites is 1. The molecule has 3 N–H and O–H groups in total. The van der Waals surface area contributed by atoms with Gasteiger partial charge in [0.2, 0.25) is 0 Å². The second-order valence-corrected chi connectivity index (χ2v) is 7.85. The molecule has 168 valence electrons. The van der Waals surface area contributed by atoms with Crippen LogP contribution in [0.15, 0.2) is 67.0 Å². The lowest BCUT2D eigenvalue weighted by Crippen LogP contribution is -2.35. The number of benzene rings is 2. The van der Waals surface area contributed by atoms with Crippen LogP contribution in [-0.2, 0) is 0 Å². The minimum absolute atomic E-state index is 0.304. The van der Waals surface area contributed by atoms with Gasteiger partial charge in [-0.2, -0.15) is 0 Å². The highest BCUT2D eigenvalue weighted by atomic mass is 19.1. The summed E-state index contributed by atoms with van der Waals surface area (Å²) in [5.41, 5.74) is 7.43. The summed E-state index contributed by atoms with van der Waals surface area (Å²) < 4.78 is 27.9. The maximum atomic E-state index is 14.5. The Morgan fingerprint density at radius 1 is 1.06 bits per heavy atom. The van der Waals surface area contributed by atoms with E-state index >= 15 is 0 Å². The lowest BCUT2D eigenvalue weighted by Gasteiger charge is -2.18. The van der Waals surface area contributed by atoms with Crippen LogP contribution in [0.3, 0.4) is 0 Å². The van der Waals surface area contributed by atoms with Gasteiger partial charge in [-0.05, 0) is 42.3 Å². The molecule has 6 nitrogen and oxygen atoms in total. The monoisotopic (exact) mass is 455 g/mol. The van der Waals surface area contributed by atoms with Gasteiger partial charge in [0, 0.05) is 35.2 Å². The Morgan fingerprint density at radius 2 is 1.91 bits per heavy atom. The molecule has 0 aliphatic heterocycles. The number of hydrogen-bond acceptors (Lipinski definition) is 5. The molecule has 0 fully saturated rings. The van der Waals surface area contributed by atoms with Crippen LogP contribution in [0.1, 0.15) is 28.3 Å². The standard InChI is InChI=1S/C26H19F2N5O/c27-17-8-9-18(21(28)13-17)15-7-10-23-20(12-15)26(32-22-6-2-1-5-19(22)24(29)34)33-25(31-23)16-4-3-11-30-14-16/h1-6,8-15H,7H2,(H2,29,34)(H,31,32,33). The molecule has 34 heavy (non-hydrogen) atoms. The highest BCUT2D eigenvalue weighted by Crippen LogP contribution is 2.27. The first-order valence-corrected chi connectivity index (χ1v) is 10.6. The Balaban J connectivity index is 1.69. The van der Waals surface area contributed by atoms with Crippen molar-refractivity contribution in [3.8, 4) is 11.4 Å². The van der Waals surface area contributed by atoms with Crippen LogP contribution in [0.25, 0.3) is 23.5 Å². The van der Waals surface area contributed by atoms with Gasteiger partial charge < -0.3 is 11.1 Å². The number of nitrogens with one attached hydrogen (secondary N) is 1. The third kappa shape index (κ3) is 4.13. The Hall–Kier alpha value is -4.46. The van der Waals surface area contributed by atoms with Crippen LogP contribution >= 0.6 is 0 Å². The summed E-state index contributed by atoms with van der Waals surface area (Å²) in [4.78, 5) is 25.5. The molecule has 8 heteroatoms. The number of primary amides is 1. The van der Waals surface area contributed by atoms with E-state index in [1.165, 1.54) is 12.1 Å². The number of carbonyl (C=O) groups excluding carboxylic acids is 1. The first-order valence-electron chi connectivity index (χ1n) is 10.6. The molecule has 2 heterocycles. The zero-order valence-corrected chi connectivity index (χ0v) is 17.9. The van der Waals surface area contributed by atoms with Crippen LogP contribution in [0.5, 0.6) is 0 Å². The number of fused-ring (bicyclic) bond motifs is 1. The average Bonchev–Trinajstić information content (AvgIpc) is 2.84. The SMILES string of the molecule is NC(=O)c1ccccc1Nc1nc(-c2cccnc2)nc2c1=CC(c1ccc(F)cc1F)CC=2. The van der Waals surface area contributed by atoms with Crippen molar-refractivity contribution < 1.29 is 13.6 Å². The zero-order valence-electron chi connectivity index (χ0n) is 17.9. The summed E-state index contributed by atoms with van der Waals surface area (Å²) in [6.45, 7) is 0. The quantitative estimate of drug-likeness (QED) is 0.481. The Labute approximate surface area is 193 Å². The molecular weight excluding hydrogens is 436 g/mol. The number of amides is 1. The van der Waals surface area contributed by atoms with Crippen molar-refractivity contribution in [2.75, 3.05) is 5.32 Å². The van der Waals surface area contributed by atoms with Crippen LogP contribution in [0.4, 0.5) is 20.3 Å². The number of anilines is 2. The van der Waals surface area contributed by atoms with Crippen molar-refractivity contribution >= 4 is 29.6 Å². The average molecular weight is 455 g/mol. The summed E-state index contributed by atoms with van der Waals surface area (Å²) in [6, 6.07) is 14.0. The third-order valence-corrected chi connectivity index (χ3v) is 5.64. The summed E-state index contributed by atoms with van der Waals surface area (Å²) in [5, 5.41) is 4.51. The van der Waals surface area contributed by atoms with Crippen LogP contribution < -0.4 is 21.6 Å². The van der Waals surface area contributed by atoms with Crippen molar-refractivity contribution in [3.63, 3.8) is 0 Å². The fourth-order valence-electron chi connectivity index (χ4n) is 3.99. The van der Waals surface area contributed by atoms with E-state index in [9.17, 15) is 13.6 Å². The number of rotatable bonds is 5. The van der Waals surface area contributed by atoms with Crippen molar-refractivity contribution in [1.82, 2.24) is 15.0 Å². The predicted octanol–water partition coefficient (Wildman–Crippen LogP) is 3.41. The van der Waals surface area contributed by atoms with Gasteiger partial charge in [-0.3, -0.25) is 9.78 Å². The summed E-state index contributed by atoms with van der Waals surface area (Å²) >= 11 is 0. The molecule has 1 unspecified atom stereocenters. The van der Waals surface area contributed by atoms with Gasteiger partial charge in [0.25, 0.3) is 5.91 Å². The molecule has 5 rings (SSSR count). The molecule has 2 aromatic heterocycles. The van der Waals surface area contributed by atoms with Crippen LogP contribution in [-0.4, -0.2) is 20.9 Å². The second-order valence-electron chi connectivity index (χ2n) is 7.85. The molecule has 1 atom stereocenters.